The van der Waals surface area contributed by atoms with E-state index in [9.17, 15) is 0 Å². The number of hydrogen-bond donors (Lipinski definition) is 0. The third kappa shape index (κ3) is 6.20. The third-order valence-corrected chi connectivity index (χ3v) is 12.7. The van der Waals surface area contributed by atoms with Crippen LogP contribution < -0.4 is 0 Å². The maximum atomic E-state index is 2.44. The van der Waals surface area contributed by atoms with Gasteiger partial charge in [-0.25, -0.2) is 0 Å². The molecule has 2 rings (SSSR count). The minimum absolute atomic E-state index is 0.876. The zero-order valence-corrected chi connectivity index (χ0v) is 22.1. The predicted molar refractivity (Wildman–Crippen MR) is 133 cm³/mol. The van der Waals surface area contributed by atoms with Gasteiger partial charge in [-0.2, -0.15) is 47.0 Å². The highest BCUT2D eigenvalue weighted by Crippen LogP contribution is 2.44. The molecule has 0 aromatic heterocycles. The highest BCUT2D eigenvalue weighted by Gasteiger charge is 2.38. The molecule has 0 aromatic carbocycles. The first-order chi connectivity index (χ1) is 12.2. The van der Waals surface area contributed by atoms with Gasteiger partial charge < -0.3 is 0 Å². The Hall–Kier alpha value is 1.40. The van der Waals surface area contributed by atoms with Gasteiger partial charge in [-0.3, -0.25) is 0 Å². The SMILES string of the molecule is CSC1CC(C)C(C)C(SC)C1C.CSC1CC(SC)C(C)C(C)C1C. The molecule has 2 fully saturated rings. The molecule has 2 aliphatic rings. The molecule has 0 radical (unpaired) electrons. The summed E-state index contributed by atoms with van der Waals surface area (Å²) >= 11 is 8.27. The molecule has 156 valence electrons. The van der Waals surface area contributed by atoms with Gasteiger partial charge in [0.25, 0.3) is 0 Å². The highest BCUT2D eigenvalue weighted by atomic mass is 32.2. The van der Waals surface area contributed by atoms with Crippen molar-refractivity contribution in [1.82, 2.24) is 0 Å². The van der Waals surface area contributed by atoms with Crippen LogP contribution in [0.1, 0.15) is 54.4 Å². The monoisotopic (exact) mass is 436 g/mol. The van der Waals surface area contributed by atoms with Crippen molar-refractivity contribution in [3.63, 3.8) is 0 Å². The summed E-state index contributed by atoms with van der Waals surface area (Å²) < 4.78 is 0. The van der Waals surface area contributed by atoms with E-state index in [2.05, 4.69) is 114 Å². The molecule has 0 bridgehead atoms. The molecule has 0 heterocycles. The van der Waals surface area contributed by atoms with Gasteiger partial charge in [0.1, 0.15) is 0 Å². The summed E-state index contributed by atoms with van der Waals surface area (Å²) in [5.74, 6) is 5.38. The van der Waals surface area contributed by atoms with Gasteiger partial charge in [0.05, 0.1) is 0 Å². The molecule has 0 aromatic rings. The first kappa shape index (κ1) is 25.4. The molecule has 9 unspecified atom stereocenters. The van der Waals surface area contributed by atoms with Gasteiger partial charge >= 0.3 is 0 Å². The lowest BCUT2D eigenvalue weighted by Gasteiger charge is -2.42. The van der Waals surface area contributed by atoms with Crippen molar-refractivity contribution in [3.05, 3.63) is 0 Å². The normalized spacial score (nSPS) is 46.4. The maximum Gasteiger partial charge on any atom is 0.0109 e. The summed E-state index contributed by atoms with van der Waals surface area (Å²) in [6.07, 6.45) is 11.9. The van der Waals surface area contributed by atoms with Crippen LogP contribution >= 0.6 is 47.0 Å². The van der Waals surface area contributed by atoms with Crippen molar-refractivity contribution in [2.45, 2.75) is 75.4 Å². The molecule has 0 saturated heterocycles. The van der Waals surface area contributed by atoms with Crippen LogP contribution in [0.2, 0.25) is 0 Å². The van der Waals surface area contributed by atoms with E-state index >= 15 is 0 Å². The van der Waals surface area contributed by atoms with Crippen molar-refractivity contribution < 1.29 is 0 Å². The summed E-state index contributed by atoms with van der Waals surface area (Å²) in [4.78, 5) is 0. The molecule has 2 aliphatic carbocycles. The van der Waals surface area contributed by atoms with Gasteiger partial charge in [-0.1, -0.05) is 41.5 Å². The predicted octanol–water partition coefficient (Wildman–Crippen LogP) is 7.52. The Labute approximate surface area is 182 Å². The van der Waals surface area contributed by atoms with Crippen LogP contribution in [0.15, 0.2) is 0 Å². The zero-order chi connectivity index (χ0) is 20.0. The summed E-state index contributed by atoms with van der Waals surface area (Å²) in [5, 5.41) is 3.55. The van der Waals surface area contributed by atoms with Crippen LogP contribution in [0.25, 0.3) is 0 Å². The Kier molecular flexibility index (Phi) is 11.9. The van der Waals surface area contributed by atoms with Gasteiger partial charge in [0, 0.05) is 21.0 Å². The fourth-order valence-electron chi connectivity index (χ4n) is 4.99. The smallest absolute Gasteiger partial charge is 0.0109 e. The van der Waals surface area contributed by atoms with E-state index in [-0.39, 0.29) is 0 Å². The van der Waals surface area contributed by atoms with E-state index in [0.717, 1.165) is 56.5 Å². The van der Waals surface area contributed by atoms with E-state index in [1.807, 2.05) is 0 Å². The van der Waals surface area contributed by atoms with Crippen molar-refractivity contribution in [2.75, 3.05) is 25.0 Å². The Morgan fingerprint density at radius 3 is 1.27 bits per heavy atom. The highest BCUT2D eigenvalue weighted by molar-refractivity contribution is 8.00. The fraction of sp³-hybridized carbons (Fsp3) is 1.00. The van der Waals surface area contributed by atoms with E-state index in [1.54, 1.807) is 0 Å². The van der Waals surface area contributed by atoms with Crippen molar-refractivity contribution in [3.8, 4) is 0 Å². The first-order valence-electron chi connectivity index (χ1n) is 10.3. The zero-order valence-electron chi connectivity index (χ0n) is 18.8. The van der Waals surface area contributed by atoms with E-state index < -0.39 is 0 Å². The van der Waals surface area contributed by atoms with Crippen LogP contribution in [-0.4, -0.2) is 46.0 Å². The second kappa shape index (κ2) is 12.2. The molecule has 9 atom stereocenters. The van der Waals surface area contributed by atoms with Crippen molar-refractivity contribution in [2.24, 2.45) is 35.5 Å². The van der Waals surface area contributed by atoms with Crippen LogP contribution in [-0.2, 0) is 0 Å². The van der Waals surface area contributed by atoms with Crippen LogP contribution in [0.5, 0.6) is 0 Å². The largest absolute Gasteiger partial charge is 0.162 e. The molecule has 4 heteroatoms. The summed E-state index contributed by atoms with van der Waals surface area (Å²) in [7, 11) is 0. The second-order valence-electron chi connectivity index (χ2n) is 8.77. The topological polar surface area (TPSA) is 0 Å². The Bertz CT molecular complexity index is 366. The van der Waals surface area contributed by atoms with Crippen molar-refractivity contribution >= 4 is 47.0 Å². The molecule has 26 heavy (non-hydrogen) atoms. The lowest BCUT2D eigenvalue weighted by atomic mass is 9.74. The van der Waals surface area contributed by atoms with E-state index in [4.69, 9.17) is 0 Å². The summed E-state index contributed by atoms with van der Waals surface area (Å²) in [6, 6.07) is 0. The van der Waals surface area contributed by atoms with Gasteiger partial charge in [-0.05, 0) is 73.4 Å². The van der Waals surface area contributed by atoms with E-state index in [1.165, 1.54) is 12.8 Å². The third-order valence-electron chi connectivity index (χ3n) is 7.60. The molecular weight excluding hydrogens is 393 g/mol. The number of thioether (sulfide) groups is 4. The lowest BCUT2D eigenvalue weighted by Crippen LogP contribution is -2.40. The Balaban J connectivity index is 0.000000260. The minimum Gasteiger partial charge on any atom is -0.162 e. The first-order valence-corrected chi connectivity index (χ1v) is 15.5. The van der Waals surface area contributed by atoms with Gasteiger partial charge in [0.15, 0.2) is 0 Å². The minimum atomic E-state index is 0.876. The molecule has 2 saturated carbocycles. The lowest BCUT2D eigenvalue weighted by molar-refractivity contribution is 0.213. The molecule has 0 amide bonds. The quantitative estimate of drug-likeness (QED) is 0.446. The molecule has 0 spiro atoms. The maximum absolute atomic E-state index is 2.44. The molecule has 0 aliphatic heterocycles. The molecular formula is C22H44S4. The van der Waals surface area contributed by atoms with Gasteiger partial charge in [0.2, 0.25) is 0 Å². The second-order valence-corrected chi connectivity index (χ2v) is 13.0. The fourth-order valence-corrected chi connectivity index (χ4v) is 9.77. The summed E-state index contributed by atoms with van der Waals surface area (Å²) in [6.45, 7) is 14.6. The number of hydrogen-bond acceptors (Lipinski definition) is 4. The van der Waals surface area contributed by atoms with Crippen LogP contribution in [0, 0.1) is 35.5 Å². The number of rotatable bonds is 4. The van der Waals surface area contributed by atoms with Crippen LogP contribution in [0.4, 0.5) is 0 Å². The molecule has 0 N–H and O–H groups in total. The van der Waals surface area contributed by atoms with Gasteiger partial charge in [-0.15, -0.1) is 0 Å². The standard InChI is InChI=1S/2C11H22S2/c1-7-8(2)10(12-4)6-11(13-5)9(7)3;1-7-6-10(12-4)9(3)11(13-5)8(7)2/h2*7-11H,6H2,1-5H3. The van der Waals surface area contributed by atoms with Crippen molar-refractivity contribution in [1.29, 1.82) is 0 Å². The van der Waals surface area contributed by atoms with Crippen LogP contribution in [0.3, 0.4) is 0 Å². The summed E-state index contributed by atoms with van der Waals surface area (Å²) in [5.41, 5.74) is 0. The Morgan fingerprint density at radius 1 is 0.462 bits per heavy atom. The average molecular weight is 437 g/mol. The average Bonchev–Trinajstić information content (AvgIpc) is 2.64. The molecule has 0 nitrogen and oxygen atoms in total. The van der Waals surface area contributed by atoms with E-state index in [0.29, 0.717) is 0 Å². The Morgan fingerprint density at radius 2 is 0.885 bits per heavy atom.